The summed E-state index contributed by atoms with van der Waals surface area (Å²) in [6.07, 6.45) is 1.92. The molecule has 0 aliphatic rings. The highest BCUT2D eigenvalue weighted by Gasteiger charge is 2.20. The van der Waals surface area contributed by atoms with Crippen molar-refractivity contribution in [2.24, 2.45) is 5.10 Å². The second-order valence-corrected chi connectivity index (χ2v) is 8.16. The van der Waals surface area contributed by atoms with Crippen LogP contribution in [0.5, 0.6) is 5.75 Å². The normalized spacial score (nSPS) is 11.8. The van der Waals surface area contributed by atoms with Gasteiger partial charge in [-0.05, 0) is 60.9 Å². The van der Waals surface area contributed by atoms with Gasteiger partial charge in [0, 0.05) is 0 Å². The third-order valence-electron chi connectivity index (χ3n) is 4.18. The molecule has 0 saturated carbocycles. The number of carbonyl (C=O) groups excluding carboxylic acids is 1. The fourth-order valence-corrected chi connectivity index (χ4v) is 3.36. The molecule has 0 unspecified atom stereocenters. The first-order chi connectivity index (χ1) is 13.2. The van der Waals surface area contributed by atoms with Gasteiger partial charge in [-0.3, -0.25) is 9.10 Å². The number of ether oxygens (including phenoxy) is 1. The summed E-state index contributed by atoms with van der Waals surface area (Å²) in [5.74, 6) is 0.191. The lowest BCUT2D eigenvalue weighted by molar-refractivity contribution is -0.119. The molecule has 0 bridgehead atoms. The smallest absolute Gasteiger partial charge is 0.260 e. The van der Waals surface area contributed by atoms with Crippen LogP contribution in [0.2, 0.25) is 0 Å². The van der Waals surface area contributed by atoms with Crippen molar-refractivity contribution in [2.45, 2.75) is 20.3 Å². The van der Waals surface area contributed by atoms with Crippen molar-refractivity contribution in [3.8, 4) is 5.75 Å². The second-order valence-electron chi connectivity index (χ2n) is 6.25. The van der Waals surface area contributed by atoms with Gasteiger partial charge in [-0.1, -0.05) is 19.1 Å². The Kier molecular flexibility index (Phi) is 7.17. The molecule has 0 saturated heterocycles. The predicted octanol–water partition coefficient (Wildman–Crippen LogP) is 2.56. The molecule has 28 heavy (non-hydrogen) atoms. The molecule has 0 aromatic heterocycles. The second kappa shape index (κ2) is 9.36. The van der Waals surface area contributed by atoms with Crippen molar-refractivity contribution < 1.29 is 17.9 Å². The highest BCUT2D eigenvalue weighted by molar-refractivity contribution is 7.92. The zero-order valence-electron chi connectivity index (χ0n) is 16.5. The number of sulfonamides is 1. The Morgan fingerprint density at radius 1 is 1.11 bits per heavy atom. The van der Waals surface area contributed by atoms with Crippen LogP contribution in [-0.2, 0) is 21.2 Å². The van der Waals surface area contributed by atoms with Gasteiger partial charge in [-0.25, -0.2) is 13.8 Å². The van der Waals surface area contributed by atoms with E-state index in [1.165, 1.54) is 0 Å². The first-order valence-corrected chi connectivity index (χ1v) is 10.6. The number of carbonyl (C=O) groups is 1. The molecule has 8 heteroatoms. The van der Waals surface area contributed by atoms with Crippen molar-refractivity contribution in [3.63, 3.8) is 0 Å². The Morgan fingerprint density at radius 3 is 2.21 bits per heavy atom. The summed E-state index contributed by atoms with van der Waals surface area (Å²) in [6.45, 7) is 3.41. The SMILES string of the molecule is CCc1ccc(N(CC(=O)N/N=C(/C)c2ccc(OC)cc2)S(C)(=O)=O)cc1. The first-order valence-electron chi connectivity index (χ1n) is 8.78. The molecule has 0 radical (unpaired) electrons. The Balaban J connectivity index is 2.10. The molecule has 150 valence electrons. The number of nitrogens with one attached hydrogen (secondary N) is 1. The largest absolute Gasteiger partial charge is 0.497 e. The van der Waals surface area contributed by atoms with E-state index in [0.29, 0.717) is 11.4 Å². The number of nitrogens with zero attached hydrogens (tertiary/aromatic N) is 2. The van der Waals surface area contributed by atoms with E-state index in [-0.39, 0.29) is 6.54 Å². The minimum Gasteiger partial charge on any atom is -0.497 e. The maximum Gasteiger partial charge on any atom is 0.260 e. The average molecular weight is 404 g/mol. The highest BCUT2D eigenvalue weighted by Crippen LogP contribution is 2.18. The molecule has 0 atom stereocenters. The lowest BCUT2D eigenvalue weighted by atomic mass is 10.1. The minimum atomic E-state index is -3.62. The average Bonchev–Trinajstić information content (AvgIpc) is 2.69. The molecule has 2 aromatic carbocycles. The number of amides is 1. The zero-order valence-corrected chi connectivity index (χ0v) is 17.3. The molecule has 0 heterocycles. The van der Waals surface area contributed by atoms with E-state index in [1.54, 1.807) is 38.3 Å². The lowest BCUT2D eigenvalue weighted by Crippen LogP contribution is -2.39. The van der Waals surface area contributed by atoms with Crippen molar-refractivity contribution >= 4 is 27.3 Å². The molecule has 1 amide bonds. The molecule has 2 rings (SSSR count). The van der Waals surface area contributed by atoms with Crippen molar-refractivity contribution in [1.82, 2.24) is 5.43 Å². The van der Waals surface area contributed by atoms with Crippen LogP contribution in [-0.4, -0.2) is 39.9 Å². The van der Waals surface area contributed by atoms with Crippen molar-refractivity contribution in [1.29, 1.82) is 0 Å². The fraction of sp³-hybridized carbons (Fsp3) is 0.300. The van der Waals surface area contributed by atoms with Crippen LogP contribution < -0.4 is 14.5 Å². The van der Waals surface area contributed by atoms with Crippen LogP contribution in [0, 0.1) is 0 Å². The maximum absolute atomic E-state index is 12.3. The molecular weight excluding hydrogens is 378 g/mol. The monoisotopic (exact) mass is 403 g/mol. The standard InChI is InChI=1S/C20H25N3O4S/c1-5-16-6-10-18(11-7-16)23(28(4,25)26)14-20(24)22-21-15(2)17-8-12-19(27-3)13-9-17/h6-13H,5,14H2,1-4H3,(H,22,24)/b21-15-. The van der Waals surface area contributed by atoms with Crippen molar-refractivity contribution in [2.75, 3.05) is 24.2 Å². The number of benzene rings is 2. The summed E-state index contributed by atoms with van der Waals surface area (Å²) in [5.41, 5.74) is 5.34. The van der Waals surface area contributed by atoms with Gasteiger partial charge in [0.05, 0.1) is 24.8 Å². The number of hydrogen-bond donors (Lipinski definition) is 1. The topological polar surface area (TPSA) is 88.1 Å². The molecule has 7 nitrogen and oxygen atoms in total. The van der Waals surface area contributed by atoms with Crippen molar-refractivity contribution in [3.05, 3.63) is 59.7 Å². The third-order valence-corrected chi connectivity index (χ3v) is 5.32. The van der Waals surface area contributed by atoms with E-state index >= 15 is 0 Å². The van der Waals surface area contributed by atoms with Gasteiger partial charge in [-0.15, -0.1) is 0 Å². The van der Waals surface area contributed by atoms with Crippen LogP contribution in [0.25, 0.3) is 0 Å². The summed E-state index contributed by atoms with van der Waals surface area (Å²) in [6, 6.07) is 14.3. The van der Waals surface area contributed by atoms with E-state index in [9.17, 15) is 13.2 Å². The minimum absolute atomic E-state index is 0.357. The van der Waals surface area contributed by atoms with Gasteiger partial charge in [0.15, 0.2) is 0 Å². The molecule has 0 aliphatic heterocycles. The van der Waals surface area contributed by atoms with E-state index < -0.39 is 15.9 Å². The number of rotatable bonds is 8. The Bertz CT molecular complexity index is 936. The molecular formula is C20H25N3O4S. The lowest BCUT2D eigenvalue weighted by Gasteiger charge is -2.21. The van der Waals surface area contributed by atoms with E-state index in [0.717, 1.165) is 33.9 Å². The van der Waals surface area contributed by atoms with Crippen LogP contribution in [0.1, 0.15) is 25.0 Å². The molecule has 1 N–H and O–H groups in total. The summed E-state index contributed by atoms with van der Waals surface area (Å²) >= 11 is 0. The Morgan fingerprint density at radius 2 is 1.71 bits per heavy atom. The number of anilines is 1. The molecule has 0 fully saturated rings. The van der Waals surface area contributed by atoms with E-state index in [2.05, 4.69) is 10.5 Å². The number of hydrazone groups is 1. The molecule has 0 spiro atoms. The molecule has 2 aromatic rings. The van der Waals surface area contributed by atoms with Crippen LogP contribution >= 0.6 is 0 Å². The highest BCUT2D eigenvalue weighted by atomic mass is 32.2. The quantitative estimate of drug-likeness (QED) is 0.542. The zero-order chi connectivity index (χ0) is 20.7. The first kappa shape index (κ1) is 21.4. The fourth-order valence-electron chi connectivity index (χ4n) is 2.51. The van der Waals surface area contributed by atoms with Crippen LogP contribution in [0.15, 0.2) is 53.6 Å². The Hall–Kier alpha value is -2.87. The Labute approximate surface area is 166 Å². The predicted molar refractivity (Wildman–Crippen MR) is 111 cm³/mol. The summed E-state index contributed by atoms with van der Waals surface area (Å²) in [7, 11) is -2.04. The number of aryl methyl sites for hydroxylation is 1. The van der Waals surface area contributed by atoms with Crippen LogP contribution in [0.3, 0.4) is 0 Å². The molecule has 0 aliphatic carbocycles. The number of hydrogen-bond acceptors (Lipinski definition) is 5. The van der Waals surface area contributed by atoms with Crippen LogP contribution in [0.4, 0.5) is 5.69 Å². The van der Waals surface area contributed by atoms with Gasteiger partial charge in [0.2, 0.25) is 10.0 Å². The van der Waals surface area contributed by atoms with Gasteiger partial charge < -0.3 is 4.74 Å². The van der Waals surface area contributed by atoms with Gasteiger partial charge in [-0.2, -0.15) is 5.10 Å². The number of methoxy groups -OCH3 is 1. The summed E-state index contributed by atoms with van der Waals surface area (Å²) in [4.78, 5) is 12.3. The van der Waals surface area contributed by atoms with E-state index in [4.69, 9.17) is 4.74 Å². The van der Waals surface area contributed by atoms with E-state index in [1.807, 2.05) is 31.2 Å². The third kappa shape index (κ3) is 5.82. The van der Waals surface area contributed by atoms with Gasteiger partial charge >= 0.3 is 0 Å². The maximum atomic E-state index is 12.3. The van der Waals surface area contributed by atoms with Gasteiger partial charge in [0.25, 0.3) is 5.91 Å². The summed E-state index contributed by atoms with van der Waals surface area (Å²) in [5, 5.41) is 4.06. The van der Waals surface area contributed by atoms with Gasteiger partial charge in [0.1, 0.15) is 12.3 Å². The summed E-state index contributed by atoms with van der Waals surface area (Å²) < 4.78 is 30.4.